The van der Waals surface area contributed by atoms with Crippen molar-refractivity contribution in [3.63, 3.8) is 0 Å². The molecule has 5 heteroatoms. The second kappa shape index (κ2) is 14.1. The molecule has 58 heavy (non-hydrogen) atoms. The summed E-state index contributed by atoms with van der Waals surface area (Å²) in [7, 11) is 0. The molecule has 0 saturated carbocycles. The number of benzene rings is 4. The van der Waals surface area contributed by atoms with Crippen LogP contribution in [0.2, 0.25) is 0 Å². The minimum Gasteiger partial charge on any atom is -0.457 e. The van der Waals surface area contributed by atoms with Crippen LogP contribution in [0.15, 0.2) is 109 Å². The van der Waals surface area contributed by atoms with Gasteiger partial charge in [0.15, 0.2) is 0 Å². The van der Waals surface area contributed by atoms with Gasteiger partial charge in [-0.15, -0.1) is 0 Å². The third-order valence-electron chi connectivity index (χ3n) is 11.5. The summed E-state index contributed by atoms with van der Waals surface area (Å²) in [5.41, 5.74) is 12.0. The second-order valence-electron chi connectivity index (χ2n) is 21.8. The highest BCUT2D eigenvalue weighted by Crippen LogP contribution is 2.50. The monoisotopic (exact) mass is 775 g/mol. The Morgan fingerprint density at radius 1 is 0.483 bits per heavy atom. The smallest absolute Gasteiger partial charge is 0.137 e. The molecule has 2 aromatic heterocycles. The second-order valence-corrected chi connectivity index (χ2v) is 21.8. The van der Waals surface area contributed by atoms with Gasteiger partial charge < -0.3 is 14.5 Å². The lowest BCUT2D eigenvalue weighted by molar-refractivity contribution is 0.444. The maximum atomic E-state index is 6.98. The van der Waals surface area contributed by atoms with Gasteiger partial charge in [0.2, 0.25) is 0 Å². The third-order valence-corrected chi connectivity index (χ3v) is 11.5. The van der Waals surface area contributed by atoms with Crippen LogP contribution < -0.4 is 14.5 Å². The fraction of sp³-hybridized carbons (Fsp3) is 0.415. The van der Waals surface area contributed by atoms with Crippen LogP contribution in [0.3, 0.4) is 0 Å². The van der Waals surface area contributed by atoms with Gasteiger partial charge in [-0.25, -0.2) is 4.98 Å². The number of para-hydroxylation sites is 1. The summed E-state index contributed by atoms with van der Waals surface area (Å²) < 4.78 is 9.23. The van der Waals surface area contributed by atoms with E-state index in [9.17, 15) is 0 Å². The molecule has 0 radical (unpaired) electrons. The van der Waals surface area contributed by atoms with Crippen molar-refractivity contribution in [2.75, 3.05) is 16.5 Å². The van der Waals surface area contributed by atoms with E-state index in [2.05, 4.69) is 210 Å². The van der Waals surface area contributed by atoms with Gasteiger partial charge >= 0.3 is 0 Å². The molecule has 0 fully saturated rings. The number of ether oxygens (including phenoxy) is 1. The average Bonchev–Trinajstić information content (AvgIpc) is 3.68. The first-order chi connectivity index (χ1) is 26.8. The van der Waals surface area contributed by atoms with Crippen molar-refractivity contribution < 1.29 is 4.74 Å². The van der Waals surface area contributed by atoms with Gasteiger partial charge in [0, 0.05) is 62.7 Å². The first-order valence-corrected chi connectivity index (χ1v) is 21.1. The Labute approximate surface area is 348 Å². The molecule has 0 spiro atoms. The zero-order valence-electron chi connectivity index (χ0n) is 38.1. The van der Waals surface area contributed by atoms with E-state index in [1.54, 1.807) is 0 Å². The molecular weight excluding hydrogens is 709 g/mol. The summed E-state index contributed by atoms with van der Waals surface area (Å²) >= 11 is 0. The quantitative estimate of drug-likeness (QED) is 0.175. The van der Waals surface area contributed by atoms with E-state index in [0.717, 1.165) is 34.0 Å². The van der Waals surface area contributed by atoms with Crippen LogP contribution in [-0.2, 0) is 16.2 Å². The van der Waals surface area contributed by atoms with Gasteiger partial charge in [0.1, 0.15) is 17.3 Å². The van der Waals surface area contributed by atoms with Gasteiger partial charge in [-0.05, 0) is 100 Å². The van der Waals surface area contributed by atoms with Crippen molar-refractivity contribution in [2.24, 2.45) is 10.8 Å². The summed E-state index contributed by atoms with van der Waals surface area (Å²) in [6, 6.07) is 33.4. The Morgan fingerprint density at radius 3 is 1.53 bits per heavy atom. The molecule has 1 aliphatic rings. The normalized spacial score (nSPS) is 14.7. The fourth-order valence-corrected chi connectivity index (χ4v) is 8.38. The SMILES string of the molecule is Cc1ccnc(-n2c3ccccc3c3ccc(Oc4cc(N5CN(c6cc(C(C)(C)C)cc(C(C)(C)C)c6)C(C(C)(C)C)=C5C(C)(C)C)cc(C(C)(C)C)c4)cc32)c1. The van der Waals surface area contributed by atoms with Crippen LogP contribution in [0.4, 0.5) is 11.4 Å². The van der Waals surface area contributed by atoms with E-state index >= 15 is 0 Å². The molecule has 6 aromatic rings. The molecule has 0 aliphatic carbocycles. The summed E-state index contributed by atoms with van der Waals surface area (Å²) in [5.74, 6) is 2.52. The lowest BCUT2D eigenvalue weighted by Gasteiger charge is -2.35. The van der Waals surface area contributed by atoms with Crippen molar-refractivity contribution in [2.45, 2.75) is 127 Å². The molecule has 5 nitrogen and oxygen atoms in total. The Balaban J connectivity index is 1.39. The largest absolute Gasteiger partial charge is 0.457 e. The van der Waals surface area contributed by atoms with Crippen LogP contribution in [0.1, 0.15) is 126 Å². The highest BCUT2D eigenvalue weighted by atomic mass is 16.5. The number of fused-ring (bicyclic) bond motifs is 3. The number of nitrogens with zero attached hydrogens (tertiary/aromatic N) is 4. The molecule has 304 valence electrons. The topological polar surface area (TPSA) is 33.5 Å². The number of anilines is 2. The minimum absolute atomic E-state index is 0.00902. The molecule has 0 N–H and O–H groups in total. The number of aromatic nitrogens is 2. The van der Waals surface area contributed by atoms with Crippen molar-refractivity contribution in [3.05, 3.63) is 131 Å². The van der Waals surface area contributed by atoms with Gasteiger partial charge in [-0.3, -0.25) is 4.57 Å². The van der Waals surface area contributed by atoms with E-state index in [-0.39, 0.29) is 27.1 Å². The predicted octanol–water partition coefficient (Wildman–Crippen LogP) is 14.8. The Kier molecular flexibility index (Phi) is 9.98. The summed E-state index contributed by atoms with van der Waals surface area (Å²) in [6.45, 7) is 37.8. The van der Waals surface area contributed by atoms with Crippen molar-refractivity contribution in [1.29, 1.82) is 0 Å². The number of hydrogen-bond acceptors (Lipinski definition) is 4. The third kappa shape index (κ3) is 7.89. The van der Waals surface area contributed by atoms with E-state index in [1.807, 2.05) is 12.3 Å². The van der Waals surface area contributed by atoms with Crippen LogP contribution >= 0.6 is 0 Å². The fourth-order valence-electron chi connectivity index (χ4n) is 8.38. The van der Waals surface area contributed by atoms with Gasteiger partial charge in [0.05, 0.1) is 17.7 Å². The number of allylic oxidation sites excluding steroid dienone is 2. The number of rotatable bonds is 5. The van der Waals surface area contributed by atoms with Crippen molar-refractivity contribution in [1.82, 2.24) is 9.55 Å². The molecular formula is C53H66N4O. The molecule has 0 amide bonds. The van der Waals surface area contributed by atoms with Crippen LogP contribution in [0.5, 0.6) is 11.5 Å². The number of hydrogen-bond donors (Lipinski definition) is 0. The molecule has 4 aromatic carbocycles. The van der Waals surface area contributed by atoms with E-state index in [4.69, 9.17) is 9.72 Å². The summed E-state index contributed by atoms with van der Waals surface area (Å²) in [6.07, 6.45) is 1.89. The summed E-state index contributed by atoms with van der Waals surface area (Å²) in [4.78, 5) is 9.97. The van der Waals surface area contributed by atoms with Crippen LogP contribution in [0.25, 0.3) is 27.6 Å². The average molecular weight is 775 g/mol. The highest BCUT2D eigenvalue weighted by molar-refractivity contribution is 6.09. The minimum atomic E-state index is -0.146. The van der Waals surface area contributed by atoms with Gasteiger partial charge in [-0.1, -0.05) is 128 Å². The zero-order valence-corrected chi connectivity index (χ0v) is 38.1. The summed E-state index contributed by atoms with van der Waals surface area (Å²) in [5, 5.41) is 2.37. The highest BCUT2D eigenvalue weighted by Gasteiger charge is 2.42. The molecule has 3 heterocycles. The lowest BCUT2D eigenvalue weighted by atomic mass is 9.79. The first-order valence-electron chi connectivity index (χ1n) is 21.1. The maximum Gasteiger partial charge on any atom is 0.137 e. The van der Waals surface area contributed by atoms with E-state index < -0.39 is 0 Å². The van der Waals surface area contributed by atoms with E-state index in [1.165, 1.54) is 50.1 Å². The predicted molar refractivity (Wildman–Crippen MR) is 248 cm³/mol. The number of pyridine rings is 1. The van der Waals surface area contributed by atoms with Crippen molar-refractivity contribution >= 4 is 33.2 Å². The Hall–Kier alpha value is -5.03. The Morgan fingerprint density at radius 2 is 1.00 bits per heavy atom. The standard InChI is InChI=1S/C53H66N4O/c1-34-23-24-54-46(25-34)57-44-20-18-17-19-42(44)43-22-21-40(32-45(43)57)58-41-30-37(51(8,9)10)29-39(31-41)56-33-55(47(52(11,12)13)48(56)53(14,15)16)38-27-35(49(2,3)4)26-36(28-38)50(5,6)7/h17-32H,33H2,1-16H3. The maximum absolute atomic E-state index is 6.98. The Bertz CT molecular complexity index is 2520. The lowest BCUT2D eigenvalue weighted by Crippen LogP contribution is -2.32. The van der Waals surface area contributed by atoms with Crippen LogP contribution in [-0.4, -0.2) is 16.2 Å². The molecule has 1 aliphatic heterocycles. The number of aryl methyl sites for hydroxylation is 1. The first kappa shape index (κ1) is 41.1. The molecule has 0 bridgehead atoms. The van der Waals surface area contributed by atoms with Crippen LogP contribution in [0, 0.1) is 17.8 Å². The molecule has 7 rings (SSSR count). The van der Waals surface area contributed by atoms with Gasteiger partial charge in [-0.2, -0.15) is 0 Å². The van der Waals surface area contributed by atoms with Gasteiger partial charge in [0.25, 0.3) is 0 Å². The zero-order chi connectivity index (χ0) is 42.3. The van der Waals surface area contributed by atoms with E-state index in [0.29, 0.717) is 6.67 Å². The molecule has 0 atom stereocenters. The molecule has 0 saturated heterocycles. The van der Waals surface area contributed by atoms with Crippen molar-refractivity contribution in [3.8, 4) is 17.3 Å². The molecule has 0 unspecified atom stereocenters.